The van der Waals surface area contributed by atoms with Gasteiger partial charge in [0.15, 0.2) is 0 Å². The van der Waals surface area contributed by atoms with Gasteiger partial charge >= 0.3 is 0 Å². The molecule has 0 bridgehead atoms. The van der Waals surface area contributed by atoms with Crippen molar-refractivity contribution >= 4 is 5.91 Å². The number of nitrogens with one attached hydrogen (secondary N) is 1. The molecular weight excluding hydrogens is 270 g/mol. The molecule has 1 atom stereocenters. The van der Waals surface area contributed by atoms with E-state index in [-0.39, 0.29) is 11.9 Å². The van der Waals surface area contributed by atoms with Crippen molar-refractivity contribution in [3.05, 3.63) is 69.8 Å². The average molecular weight is 293 g/mol. The zero-order valence-corrected chi connectivity index (χ0v) is 13.6. The molecule has 1 N–H and O–H groups in total. The molecule has 0 aliphatic heterocycles. The summed E-state index contributed by atoms with van der Waals surface area (Å²) in [6.07, 6.45) is 3.27. The van der Waals surface area contributed by atoms with E-state index in [0.717, 1.165) is 30.4 Å². The van der Waals surface area contributed by atoms with Gasteiger partial charge in [0, 0.05) is 5.56 Å². The highest BCUT2D eigenvalue weighted by Gasteiger charge is 2.22. The quantitative estimate of drug-likeness (QED) is 0.872. The summed E-state index contributed by atoms with van der Waals surface area (Å²) < 4.78 is 0. The largest absolute Gasteiger partial charge is 0.345 e. The molecule has 0 aromatic heterocycles. The third kappa shape index (κ3) is 2.78. The number of hydrogen-bond acceptors (Lipinski definition) is 1. The van der Waals surface area contributed by atoms with Gasteiger partial charge in [-0.05, 0) is 73.9 Å². The molecule has 2 nitrogen and oxygen atoms in total. The van der Waals surface area contributed by atoms with Crippen LogP contribution in [-0.2, 0) is 6.42 Å². The first-order valence-electron chi connectivity index (χ1n) is 8.03. The lowest BCUT2D eigenvalue weighted by atomic mass is 9.87. The summed E-state index contributed by atoms with van der Waals surface area (Å²) in [6.45, 7) is 6.15. The van der Waals surface area contributed by atoms with Crippen LogP contribution in [0.4, 0.5) is 0 Å². The van der Waals surface area contributed by atoms with E-state index in [9.17, 15) is 4.79 Å². The Morgan fingerprint density at radius 2 is 1.77 bits per heavy atom. The molecule has 0 unspecified atom stereocenters. The summed E-state index contributed by atoms with van der Waals surface area (Å²) in [5.74, 6) is 0.0438. The molecule has 1 aliphatic rings. The molecule has 0 fully saturated rings. The molecule has 2 heteroatoms. The molecule has 1 aliphatic carbocycles. The summed E-state index contributed by atoms with van der Waals surface area (Å²) in [7, 11) is 0. The van der Waals surface area contributed by atoms with Gasteiger partial charge in [-0.2, -0.15) is 0 Å². The zero-order valence-electron chi connectivity index (χ0n) is 13.6. The van der Waals surface area contributed by atoms with Gasteiger partial charge in [0.25, 0.3) is 5.91 Å². The minimum atomic E-state index is 0.0438. The minimum Gasteiger partial charge on any atom is -0.345 e. The second-order valence-electron chi connectivity index (χ2n) is 6.37. The fourth-order valence-corrected chi connectivity index (χ4v) is 3.35. The van der Waals surface area contributed by atoms with E-state index in [1.165, 1.54) is 22.3 Å². The summed E-state index contributed by atoms with van der Waals surface area (Å²) in [6, 6.07) is 12.7. The highest BCUT2D eigenvalue weighted by Crippen LogP contribution is 2.30. The molecule has 2 aromatic carbocycles. The van der Waals surface area contributed by atoms with Crippen LogP contribution in [0.25, 0.3) is 0 Å². The Bertz CT molecular complexity index is 718. The number of rotatable bonds is 2. The lowest BCUT2D eigenvalue weighted by Gasteiger charge is -2.26. The fraction of sp³-hybridized carbons (Fsp3) is 0.350. The van der Waals surface area contributed by atoms with Crippen LogP contribution in [0.15, 0.2) is 36.4 Å². The number of hydrogen-bond donors (Lipinski definition) is 1. The van der Waals surface area contributed by atoms with Crippen molar-refractivity contribution in [1.29, 1.82) is 0 Å². The van der Waals surface area contributed by atoms with Crippen LogP contribution in [0, 0.1) is 20.8 Å². The van der Waals surface area contributed by atoms with Crippen LogP contribution < -0.4 is 5.32 Å². The van der Waals surface area contributed by atoms with Crippen LogP contribution in [0.3, 0.4) is 0 Å². The van der Waals surface area contributed by atoms with Gasteiger partial charge in [-0.1, -0.05) is 30.3 Å². The first-order valence-corrected chi connectivity index (χ1v) is 8.03. The van der Waals surface area contributed by atoms with Gasteiger partial charge in [0.2, 0.25) is 0 Å². The maximum Gasteiger partial charge on any atom is 0.252 e. The molecule has 0 radical (unpaired) electrons. The second kappa shape index (κ2) is 5.96. The SMILES string of the molecule is Cc1cc(C)c(C(=O)N[C@H]2CCCc3ccccc32)cc1C. The molecule has 0 heterocycles. The molecule has 22 heavy (non-hydrogen) atoms. The minimum absolute atomic E-state index is 0.0438. The van der Waals surface area contributed by atoms with E-state index in [2.05, 4.69) is 49.5 Å². The second-order valence-corrected chi connectivity index (χ2v) is 6.37. The number of amides is 1. The summed E-state index contributed by atoms with van der Waals surface area (Å²) >= 11 is 0. The Kier molecular flexibility index (Phi) is 4.02. The van der Waals surface area contributed by atoms with Crippen LogP contribution >= 0.6 is 0 Å². The van der Waals surface area contributed by atoms with E-state index in [4.69, 9.17) is 0 Å². The molecular formula is C20H23NO. The number of carbonyl (C=O) groups excluding carboxylic acids is 1. The first kappa shape index (κ1) is 14.8. The number of carbonyl (C=O) groups is 1. The third-order valence-electron chi connectivity index (χ3n) is 4.76. The van der Waals surface area contributed by atoms with Crippen molar-refractivity contribution in [3.8, 4) is 0 Å². The van der Waals surface area contributed by atoms with Crippen molar-refractivity contribution in [1.82, 2.24) is 5.32 Å². The fourth-order valence-electron chi connectivity index (χ4n) is 3.35. The average Bonchev–Trinajstić information content (AvgIpc) is 2.51. The monoisotopic (exact) mass is 293 g/mol. The van der Waals surface area contributed by atoms with Gasteiger partial charge in [-0.15, -0.1) is 0 Å². The molecule has 114 valence electrons. The zero-order chi connectivity index (χ0) is 15.7. The van der Waals surface area contributed by atoms with Crippen molar-refractivity contribution < 1.29 is 4.79 Å². The predicted molar refractivity (Wildman–Crippen MR) is 90.2 cm³/mol. The molecule has 1 amide bonds. The Morgan fingerprint density at radius 1 is 1.05 bits per heavy atom. The molecule has 0 saturated carbocycles. The highest BCUT2D eigenvalue weighted by molar-refractivity contribution is 5.96. The van der Waals surface area contributed by atoms with Gasteiger partial charge in [-0.25, -0.2) is 0 Å². The van der Waals surface area contributed by atoms with Crippen LogP contribution in [-0.4, -0.2) is 5.91 Å². The lowest BCUT2D eigenvalue weighted by molar-refractivity contribution is 0.0932. The summed E-state index contributed by atoms with van der Waals surface area (Å²) in [4.78, 5) is 12.7. The Labute approximate surface area is 132 Å². The maximum absolute atomic E-state index is 12.7. The van der Waals surface area contributed by atoms with Gasteiger partial charge < -0.3 is 5.32 Å². The third-order valence-corrected chi connectivity index (χ3v) is 4.76. The van der Waals surface area contributed by atoms with E-state index in [0.29, 0.717) is 0 Å². The smallest absolute Gasteiger partial charge is 0.252 e. The standard InChI is InChI=1S/C20H23NO/c1-13-11-15(3)18(12-14(13)2)20(22)21-19-10-6-8-16-7-4-5-9-17(16)19/h4-5,7,9,11-12,19H,6,8,10H2,1-3H3,(H,21,22)/t19-/m0/s1. The highest BCUT2D eigenvalue weighted by atomic mass is 16.1. The summed E-state index contributed by atoms with van der Waals surface area (Å²) in [5.41, 5.74) is 6.90. The van der Waals surface area contributed by atoms with Crippen LogP contribution in [0.2, 0.25) is 0 Å². The van der Waals surface area contributed by atoms with Gasteiger partial charge in [0.05, 0.1) is 6.04 Å². The van der Waals surface area contributed by atoms with E-state index in [1.54, 1.807) is 0 Å². The van der Waals surface area contributed by atoms with E-state index in [1.807, 2.05) is 13.0 Å². The van der Waals surface area contributed by atoms with Crippen LogP contribution in [0.5, 0.6) is 0 Å². The first-order chi connectivity index (χ1) is 10.6. The van der Waals surface area contributed by atoms with Crippen molar-refractivity contribution in [3.63, 3.8) is 0 Å². The maximum atomic E-state index is 12.7. The molecule has 0 spiro atoms. The van der Waals surface area contributed by atoms with E-state index >= 15 is 0 Å². The van der Waals surface area contributed by atoms with Crippen molar-refractivity contribution in [2.24, 2.45) is 0 Å². The van der Waals surface area contributed by atoms with Crippen molar-refractivity contribution in [2.75, 3.05) is 0 Å². The Morgan fingerprint density at radius 3 is 2.59 bits per heavy atom. The number of fused-ring (bicyclic) bond motifs is 1. The number of aryl methyl sites for hydroxylation is 4. The van der Waals surface area contributed by atoms with Gasteiger partial charge in [-0.3, -0.25) is 4.79 Å². The van der Waals surface area contributed by atoms with Crippen LogP contribution in [0.1, 0.15) is 57.1 Å². The molecule has 0 saturated heterocycles. The molecule has 2 aromatic rings. The number of benzene rings is 2. The lowest BCUT2D eigenvalue weighted by Crippen LogP contribution is -2.31. The van der Waals surface area contributed by atoms with E-state index < -0.39 is 0 Å². The predicted octanol–water partition coefficient (Wildman–Crippen LogP) is 4.42. The molecule has 3 rings (SSSR count). The topological polar surface area (TPSA) is 29.1 Å². The Balaban J connectivity index is 1.85. The van der Waals surface area contributed by atoms with Crippen molar-refractivity contribution in [2.45, 2.75) is 46.1 Å². The summed E-state index contributed by atoms with van der Waals surface area (Å²) in [5, 5.41) is 3.24. The normalized spacial score (nSPS) is 17.0. The Hall–Kier alpha value is -2.09. The van der Waals surface area contributed by atoms with Gasteiger partial charge in [0.1, 0.15) is 0 Å².